The molecule has 2 unspecified atom stereocenters. The summed E-state index contributed by atoms with van der Waals surface area (Å²) in [5.74, 6) is -0.106. The molecule has 3 aromatic rings. The molecule has 1 aliphatic heterocycles. The lowest BCUT2D eigenvalue weighted by atomic mass is 10.1. The van der Waals surface area contributed by atoms with E-state index in [0.29, 0.717) is 12.4 Å². The first-order valence-electron chi connectivity index (χ1n) is 9.12. The van der Waals surface area contributed by atoms with Crippen LogP contribution < -0.4 is 5.32 Å². The molecule has 0 spiro atoms. The standard InChI is InChI=1S/C20H20FN3O3S/c1-11(18-12(2)24-20(28-18)13-5-7-14(21)8-6-13)23-19(25)16-17(27-10-22-16)15-4-3-9-26-15/h5-8,10-11,15H,3-4,9H2,1-2H3,(H,23,25). The van der Waals surface area contributed by atoms with Gasteiger partial charge in [0.25, 0.3) is 5.91 Å². The first-order chi connectivity index (χ1) is 13.5. The van der Waals surface area contributed by atoms with Crippen molar-refractivity contribution in [3.63, 3.8) is 0 Å². The van der Waals surface area contributed by atoms with Gasteiger partial charge in [-0.1, -0.05) is 0 Å². The quantitative estimate of drug-likeness (QED) is 0.677. The van der Waals surface area contributed by atoms with Crippen LogP contribution in [0.4, 0.5) is 4.39 Å². The van der Waals surface area contributed by atoms with E-state index in [0.717, 1.165) is 34.0 Å². The zero-order chi connectivity index (χ0) is 19.7. The second-order valence-corrected chi connectivity index (χ2v) is 7.77. The Morgan fingerprint density at radius 1 is 1.36 bits per heavy atom. The molecule has 1 N–H and O–H groups in total. The minimum absolute atomic E-state index is 0.214. The van der Waals surface area contributed by atoms with Crippen molar-refractivity contribution in [2.24, 2.45) is 0 Å². The molecule has 0 aliphatic carbocycles. The van der Waals surface area contributed by atoms with Crippen LogP contribution in [0.5, 0.6) is 0 Å². The number of nitrogens with one attached hydrogen (secondary N) is 1. The number of hydrogen-bond donors (Lipinski definition) is 1. The van der Waals surface area contributed by atoms with Gasteiger partial charge in [-0.25, -0.2) is 14.4 Å². The number of benzene rings is 1. The third-order valence-corrected chi connectivity index (χ3v) is 6.09. The van der Waals surface area contributed by atoms with Crippen molar-refractivity contribution in [1.82, 2.24) is 15.3 Å². The van der Waals surface area contributed by atoms with Crippen molar-refractivity contribution >= 4 is 17.2 Å². The molecule has 8 heteroatoms. The number of amides is 1. The maximum Gasteiger partial charge on any atom is 0.274 e. The van der Waals surface area contributed by atoms with Gasteiger partial charge in [0.2, 0.25) is 0 Å². The molecule has 1 aromatic carbocycles. The number of aryl methyl sites for hydroxylation is 1. The van der Waals surface area contributed by atoms with E-state index >= 15 is 0 Å². The lowest BCUT2D eigenvalue weighted by Gasteiger charge is -2.13. The first-order valence-corrected chi connectivity index (χ1v) is 9.93. The van der Waals surface area contributed by atoms with Gasteiger partial charge in [0.1, 0.15) is 16.9 Å². The highest BCUT2D eigenvalue weighted by atomic mass is 32.1. The zero-order valence-corrected chi connectivity index (χ0v) is 16.4. The van der Waals surface area contributed by atoms with Crippen LogP contribution in [0, 0.1) is 12.7 Å². The lowest BCUT2D eigenvalue weighted by Crippen LogP contribution is -2.28. The van der Waals surface area contributed by atoms with E-state index in [9.17, 15) is 9.18 Å². The summed E-state index contributed by atoms with van der Waals surface area (Å²) in [6.07, 6.45) is 2.82. The molecule has 1 aliphatic rings. The van der Waals surface area contributed by atoms with Crippen molar-refractivity contribution in [2.45, 2.75) is 38.8 Å². The Labute approximate surface area is 165 Å². The van der Waals surface area contributed by atoms with Crippen LogP contribution in [0.1, 0.15) is 58.7 Å². The molecule has 146 valence electrons. The van der Waals surface area contributed by atoms with Gasteiger partial charge in [-0.2, -0.15) is 0 Å². The predicted octanol–water partition coefficient (Wildman–Crippen LogP) is 4.59. The Morgan fingerprint density at radius 2 is 2.14 bits per heavy atom. The van der Waals surface area contributed by atoms with E-state index in [4.69, 9.17) is 9.15 Å². The maximum atomic E-state index is 13.2. The van der Waals surface area contributed by atoms with Gasteiger partial charge in [-0.3, -0.25) is 4.79 Å². The average Bonchev–Trinajstić information content (AvgIpc) is 3.42. The summed E-state index contributed by atoms with van der Waals surface area (Å²) in [7, 11) is 0. The van der Waals surface area contributed by atoms with Crippen molar-refractivity contribution in [1.29, 1.82) is 0 Å². The highest BCUT2D eigenvalue weighted by molar-refractivity contribution is 7.15. The fraction of sp³-hybridized carbons (Fsp3) is 0.350. The van der Waals surface area contributed by atoms with Crippen molar-refractivity contribution < 1.29 is 18.3 Å². The normalized spacial score (nSPS) is 17.6. The summed E-state index contributed by atoms with van der Waals surface area (Å²) >= 11 is 1.48. The molecule has 4 rings (SSSR count). The van der Waals surface area contributed by atoms with E-state index in [1.807, 2.05) is 13.8 Å². The van der Waals surface area contributed by atoms with Gasteiger partial charge in [-0.05, 0) is 51.0 Å². The smallest absolute Gasteiger partial charge is 0.274 e. The third-order valence-electron chi connectivity index (χ3n) is 4.70. The van der Waals surface area contributed by atoms with Gasteiger partial charge in [0.05, 0.1) is 16.6 Å². The summed E-state index contributed by atoms with van der Waals surface area (Å²) < 4.78 is 24.2. The number of carbonyl (C=O) groups is 1. The highest BCUT2D eigenvalue weighted by Crippen LogP contribution is 2.33. The van der Waals surface area contributed by atoms with Crippen LogP contribution in [-0.4, -0.2) is 22.5 Å². The van der Waals surface area contributed by atoms with Crippen molar-refractivity contribution in [3.05, 3.63) is 58.5 Å². The van der Waals surface area contributed by atoms with E-state index in [1.165, 1.54) is 29.9 Å². The van der Waals surface area contributed by atoms with Crippen LogP contribution >= 0.6 is 11.3 Å². The number of aromatic nitrogens is 2. The molecule has 2 aromatic heterocycles. The van der Waals surface area contributed by atoms with Crippen molar-refractivity contribution in [2.75, 3.05) is 6.61 Å². The SMILES string of the molecule is Cc1nc(-c2ccc(F)cc2)sc1C(C)NC(=O)c1ncoc1C1CCCO1. The largest absolute Gasteiger partial charge is 0.445 e. The second kappa shape index (κ2) is 7.81. The summed E-state index contributed by atoms with van der Waals surface area (Å²) in [5.41, 5.74) is 1.94. The summed E-state index contributed by atoms with van der Waals surface area (Å²) in [6.45, 7) is 4.46. The molecular weight excluding hydrogens is 381 g/mol. The Balaban J connectivity index is 1.51. The topological polar surface area (TPSA) is 77.3 Å². The van der Waals surface area contributed by atoms with Crippen LogP contribution in [0.3, 0.4) is 0 Å². The van der Waals surface area contributed by atoms with Gasteiger partial charge in [-0.15, -0.1) is 11.3 Å². The molecule has 6 nitrogen and oxygen atoms in total. The molecule has 2 atom stereocenters. The zero-order valence-electron chi connectivity index (χ0n) is 15.6. The molecule has 0 saturated carbocycles. The summed E-state index contributed by atoms with van der Waals surface area (Å²) in [4.78, 5) is 22.3. The molecule has 1 fully saturated rings. The van der Waals surface area contributed by atoms with Crippen LogP contribution in [0.15, 0.2) is 35.1 Å². The van der Waals surface area contributed by atoms with Crippen LogP contribution in [-0.2, 0) is 4.74 Å². The molecule has 1 saturated heterocycles. The number of nitrogens with zero attached hydrogens (tertiary/aromatic N) is 2. The summed E-state index contributed by atoms with van der Waals surface area (Å²) in [5, 5.41) is 3.76. The monoisotopic (exact) mass is 401 g/mol. The minimum atomic E-state index is -0.303. The molecule has 28 heavy (non-hydrogen) atoms. The Morgan fingerprint density at radius 3 is 2.86 bits per heavy atom. The van der Waals surface area contributed by atoms with Crippen molar-refractivity contribution in [3.8, 4) is 10.6 Å². The van der Waals surface area contributed by atoms with Gasteiger partial charge < -0.3 is 14.5 Å². The van der Waals surface area contributed by atoms with E-state index < -0.39 is 0 Å². The van der Waals surface area contributed by atoms with Gasteiger partial charge >= 0.3 is 0 Å². The number of rotatable bonds is 5. The predicted molar refractivity (Wildman–Crippen MR) is 103 cm³/mol. The second-order valence-electron chi connectivity index (χ2n) is 6.74. The fourth-order valence-corrected chi connectivity index (χ4v) is 4.37. The minimum Gasteiger partial charge on any atom is -0.445 e. The fourth-order valence-electron chi connectivity index (χ4n) is 3.30. The molecule has 3 heterocycles. The molecule has 0 bridgehead atoms. The Hall–Kier alpha value is -2.58. The number of halogens is 1. The highest BCUT2D eigenvalue weighted by Gasteiger charge is 2.29. The van der Waals surface area contributed by atoms with E-state index in [2.05, 4.69) is 15.3 Å². The lowest BCUT2D eigenvalue weighted by molar-refractivity contribution is 0.0854. The average molecular weight is 401 g/mol. The van der Waals surface area contributed by atoms with Crippen LogP contribution in [0.2, 0.25) is 0 Å². The molecule has 1 amide bonds. The Bertz CT molecular complexity index is 977. The number of thiazole rings is 1. The maximum absolute atomic E-state index is 13.2. The first kappa shape index (κ1) is 18.8. The number of ether oxygens (including phenoxy) is 1. The molecule has 0 radical (unpaired) electrons. The summed E-state index contributed by atoms with van der Waals surface area (Å²) in [6, 6.07) is 5.96. The van der Waals surface area contributed by atoms with E-state index in [1.54, 1.807) is 12.1 Å². The Kier molecular flexibility index (Phi) is 5.23. The van der Waals surface area contributed by atoms with Gasteiger partial charge in [0.15, 0.2) is 17.8 Å². The van der Waals surface area contributed by atoms with E-state index in [-0.39, 0.29) is 29.6 Å². The number of carbonyl (C=O) groups excluding carboxylic acids is 1. The third kappa shape index (κ3) is 3.70. The number of hydrogen-bond acceptors (Lipinski definition) is 6. The van der Waals surface area contributed by atoms with Gasteiger partial charge in [0, 0.05) is 12.2 Å². The van der Waals surface area contributed by atoms with Crippen LogP contribution in [0.25, 0.3) is 10.6 Å². The number of oxazole rings is 1. The molecular formula is C20H20FN3O3S.